The lowest BCUT2D eigenvalue weighted by atomic mass is 10.1. The van der Waals surface area contributed by atoms with Crippen molar-refractivity contribution < 1.29 is 21.9 Å². The van der Waals surface area contributed by atoms with E-state index in [1.807, 2.05) is 0 Å². The van der Waals surface area contributed by atoms with Crippen LogP contribution in [0.15, 0.2) is 59.8 Å². The number of benzene rings is 2. The molecule has 4 aromatic rings. The maximum absolute atomic E-state index is 13.3. The molecule has 4 rings (SSSR count). The van der Waals surface area contributed by atoms with Gasteiger partial charge >= 0.3 is 0 Å². The second kappa shape index (κ2) is 7.76. The highest BCUT2D eigenvalue weighted by Crippen LogP contribution is 2.24. The van der Waals surface area contributed by atoms with E-state index in [-0.39, 0.29) is 11.5 Å². The smallest absolute Gasteiger partial charge is 0.238 e. The van der Waals surface area contributed by atoms with Crippen molar-refractivity contribution in [2.45, 2.75) is 11.3 Å². The summed E-state index contributed by atoms with van der Waals surface area (Å²) >= 11 is 0. The second-order valence-corrected chi connectivity index (χ2v) is 7.94. The van der Waals surface area contributed by atoms with Crippen LogP contribution in [0.2, 0.25) is 0 Å². The summed E-state index contributed by atoms with van der Waals surface area (Å²) in [6.45, 7) is 0.174. The molecule has 0 fully saturated rings. The Kier molecular flexibility index (Phi) is 5.14. The molecule has 0 amide bonds. The van der Waals surface area contributed by atoms with Crippen molar-refractivity contribution in [3.05, 3.63) is 72.1 Å². The summed E-state index contributed by atoms with van der Waals surface area (Å²) in [7, 11) is -3.81. The minimum absolute atomic E-state index is 0.0234. The van der Waals surface area contributed by atoms with Gasteiger partial charge in [-0.15, -0.1) is 10.2 Å². The van der Waals surface area contributed by atoms with Gasteiger partial charge < -0.3 is 4.74 Å². The van der Waals surface area contributed by atoms with Crippen LogP contribution in [-0.2, 0) is 16.4 Å². The number of nitrogens with two attached hydrogens (primary N) is 1. The molecule has 0 radical (unpaired) electrons. The summed E-state index contributed by atoms with van der Waals surface area (Å²) in [4.78, 5) is 4.04. The Morgan fingerprint density at radius 2 is 1.77 bits per heavy atom. The van der Waals surface area contributed by atoms with Gasteiger partial charge in [0.25, 0.3) is 0 Å². The third-order valence-corrected chi connectivity index (χ3v) is 5.28. The molecule has 11 heteroatoms. The molecular weight excluding hydrogens is 416 g/mol. The van der Waals surface area contributed by atoms with Gasteiger partial charge in [-0.25, -0.2) is 26.7 Å². The fourth-order valence-corrected chi connectivity index (χ4v) is 3.39. The summed E-state index contributed by atoms with van der Waals surface area (Å²) in [5, 5.41) is 13.3. The number of hydrogen-bond acceptors (Lipinski definition) is 6. The van der Waals surface area contributed by atoms with Crippen molar-refractivity contribution >= 4 is 15.7 Å². The zero-order valence-corrected chi connectivity index (χ0v) is 16.2. The number of aromatic nitrogens is 4. The fraction of sp³-hybridized carbons (Fsp3) is 0.105. The van der Waals surface area contributed by atoms with Gasteiger partial charge in [0.05, 0.1) is 23.9 Å². The summed E-state index contributed by atoms with van der Waals surface area (Å²) in [5.74, 6) is -1.07. The molecule has 2 aromatic heterocycles. The third kappa shape index (κ3) is 3.98. The molecule has 8 nitrogen and oxygen atoms in total. The van der Waals surface area contributed by atoms with E-state index in [4.69, 9.17) is 9.88 Å². The summed E-state index contributed by atoms with van der Waals surface area (Å²) in [6, 6.07) is 9.53. The monoisotopic (exact) mass is 431 g/mol. The zero-order valence-electron chi connectivity index (χ0n) is 15.4. The first kappa shape index (κ1) is 19.9. The van der Waals surface area contributed by atoms with Gasteiger partial charge in [0.15, 0.2) is 23.1 Å². The Labute approximate surface area is 170 Å². The van der Waals surface area contributed by atoms with Crippen molar-refractivity contribution in [3.63, 3.8) is 0 Å². The lowest BCUT2D eigenvalue weighted by molar-refractivity contribution is 0.304. The summed E-state index contributed by atoms with van der Waals surface area (Å²) < 4.78 is 56.7. The Morgan fingerprint density at radius 1 is 1.00 bits per heavy atom. The molecule has 0 aliphatic carbocycles. The topological polar surface area (TPSA) is 112 Å². The predicted octanol–water partition coefficient (Wildman–Crippen LogP) is 2.34. The molecule has 154 valence electrons. The lowest BCUT2D eigenvalue weighted by Crippen LogP contribution is -2.11. The van der Waals surface area contributed by atoms with Gasteiger partial charge in [-0.1, -0.05) is 6.07 Å². The van der Waals surface area contributed by atoms with Gasteiger partial charge in [0.2, 0.25) is 15.9 Å². The number of rotatable bonds is 6. The first-order chi connectivity index (χ1) is 14.3. The van der Waals surface area contributed by atoms with Gasteiger partial charge in [0.1, 0.15) is 0 Å². The predicted molar refractivity (Wildman–Crippen MR) is 103 cm³/mol. The first-order valence-corrected chi connectivity index (χ1v) is 10.3. The SMILES string of the molecule is NS(=O)(=O)c1ccc(-c2nnc3cncc(OCCc4ccc(F)c(F)c4)n23)cc1. The van der Waals surface area contributed by atoms with Crippen LogP contribution in [0.5, 0.6) is 5.88 Å². The Morgan fingerprint density at radius 3 is 2.47 bits per heavy atom. The van der Waals surface area contributed by atoms with Crippen LogP contribution in [-0.4, -0.2) is 34.6 Å². The number of nitrogens with zero attached hydrogens (tertiary/aromatic N) is 4. The molecule has 0 aliphatic heterocycles. The zero-order chi connectivity index (χ0) is 21.3. The average molecular weight is 431 g/mol. The molecule has 0 saturated heterocycles. The highest BCUT2D eigenvalue weighted by molar-refractivity contribution is 7.89. The number of ether oxygens (including phenoxy) is 1. The average Bonchev–Trinajstić information content (AvgIpc) is 3.15. The van der Waals surface area contributed by atoms with E-state index in [2.05, 4.69) is 15.2 Å². The van der Waals surface area contributed by atoms with E-state index < -0.39 is 21.7 Å². The molecule has 0 aliphatic rings. The minimum Gasteiger partial charge on any atom is -0.477 e. The van der Waals surface area contributed by atoms with Crippen LogP contribution < -0.4 is 9.88 Å². The minimum atomic E-state index is -3.81. The first-order valence-electron chi connectivity index (χ1n) is 8.72. The Bertz CT molecular complexity index is 1320. The summed E-state index contributed by atoms with van der Waals surface area (Å²) in [5.41, 5.74) is 1.59. The lowest BCUT2D eigenvalue weighted by Gasteiger charge is -2.10. The Hall–Kier alpha value is -3.44. The van der Waals surface area contributed by atoms with Crippen molar-refractivity contribution in [1.82, 2.24) is 19.6 Å². The van der Waals surface area contributed by atoms with Crippen molar-refractivity contribution in [2.75, 3.05) is 6.61 Å². The van der Waals surface area contributed by atoms with E-state index in [1.165, 1.54) is 30.6 Å². The number of fused-ring (bicyclic) bond motifs is 1. The molecule has 0 bridgehead atoms. The van der Waals surface area contributed by atoms with Crippen LogP contribution in [0.1, 0.15) is 5.56 Å². The van der Waals surface area contributed by atoms with Gasteiger partial charge in [0, 0.05) is 12.0 Å². The molecule has 0 saturated carbocycles. The largest absolute Gasteiger partial charge is 0.477 e. The molecule has 2 heterocycles. The van der Waals surface area contributed by atoms with E-state index >= 15 is 0 Å². The number of primary sulfonamides is 1. The number of halogens is 2. The standard InChI is InChI=1S/C19H15F2N5O3S/c20-15-6-1-12(9-16(15)21)7-8-29-18-11-23-10-17-24-25-19(26(17)18)13-2-4-14(5-3-13)30(22,27)28/h1-6,9-11H,7-8H2,(H2,22,27,28). The maximum atomic E-state index is 13.3. The highest BCUT2D eigenvalue weighted by atomic mass is 32.2. The second-order valence-electron chi connectivity index (χ2n) is 6.38. The van der Waals surface area contributed by atoms with Crippen molar-refractivity contribution in [1.29, 1.82) is 0 Å². The molecule has 0 unspecified atom stereocenters. The fourth-order valence-electron chi connectivity index (χ4n) is 2.87. The van der Waals surface area contributed by atoms with E-state index in [9.17, 15) is 17.2 Å². The maximum Gasteiger partial charge on any atom is 0.238 e. The van der Waals surface area contributed by atoms with Crippen molar-refractivity contribution in [3.8, 4) is 17.3 Å². The number of hydrogen-bond donors (Lipinski definition) is 1. The van der Waals surface area contributed by atoms with Crippen molar-refractivity contribution in [2.24, 2.45) is 5.14 Å². The van der Waals surface area contributed by atoms with Gasteiger partial charge in [-0.2, -0.15) is 0 Å². The highest BCUT2D eigenvalue weighted by Gasteiger charge is 2.15. The third-order valence-electron chi connectivity index (χ3n) is 4.35. The molecular formula is C19H15F2N5O3S. The van der Waals surface area contributed by atoms with E-state index in [1.54, 1.807) is 16.5 Å². The van der Waals surface area contributed by atoms with Crippen LogP contribution in [0.4, 0.5) is 8.78 Å². The quantitative estimate of drug-likeness (QED) is 0.501. The van der Waals surface area contributed by atoms with Gasteiger partial charge in [-0.05, 0) is 42.0 Å². The molecule has 2 aromatic carbocycles. The van der Waals surface area contributed by atoms with Crippen LogP contribution in [0, 0.1) is 11.6 Å². The molecule has 2 N–H and O–H groups in total. The normalized spacial score (nSPS) is 11.7. The molecule has 0 spiro atoms. The van der Waals surface area contributed by atoms with E-state index in [0.717, 1.165) is 12.1 Å². The van der Waals surface area contributed by atoms with Crippen LogP contribution >= 0.6 is 0 Å². The number of sulfonamides is 1. The van der Waals surface area contributed by atoms with Crippen LogP contribution in [0.3, 0.4) is 0 Å². The van der Waals surface area contributed by atoms with Crippen LogP contribution in [0.25, 0.3) is 17.0 Å². The molecule has 0 atom stereocenters. The van der Waals surface area contributed by atoms with E-state index in [0.29, 0.717) is 34.9 Å². The van der Waals surface area contributed by atoms with Gasteiger partial charge in [-0.3, -0.25) is 4.98 Å². The summed E-state index contributed by atoms with van der Waals surface area (Å²) in [6.07, 6.45) is 3.31. The molecule has 30 heavy (non-hydrogen) atoms. The Balaban J connectivity index is 1.60.